The topological polar surface area (TPSA) is 30.9 Å². The van der Waals surface area contributed by atoms with Gasteiger partial charge in [-0.05, 0) is 147 Å². The molecule has 1 aromatic carbocycles. The van der Waals surface area contributed by atoms with Crippen LogP contribution in [0.1, 0.15) is 69.1 Å². The molecule has 2 aliphatic carbocycles. The first-order valence-electron chi connectivity index (χ1n) is 15.2. The molecule has 3 aliphatic rings. The molecule has 1 fully saturated rings. The normalized spacial score (nSPS) is 20.2. The van der Waals surface area contributed by atoms with Crippen molar-refractivity contribution in [1.82, 2.24) is 4.90 Å². The number of allylic oxidation sites excluding steroid dienone is 11. The first-order valence-corrected chi connectivity index (χ1v) is 15.2. The van der Waals surface area contributed by atoms with Gasteiger partial charge in [0.05, 0.1) is 13.3 Å². The highest BCUT2D eigenvalue weighted by Gasteiger charge is 2.26. The van der Waals surface area contributed by atoms with E-state index in [1.807, 2.05) is 19.1 Å². The molecule has 0 N–H and O–H groups in total. The Morgan fingerprint density at radius 2 is 1.98 bits per heavy atom. The number of aryl methyl sites for hydroxylation is 2. The van der Waals surface area contributed by atoms with Gasteiger partial charge in [0.1, 0.15) is 17.6 Å². The van der Waals surface area contributed by atoms with Gasteiger partial charge in [0, 0.05) is 24.2 Å². The number of hydrogen-bond donors (Lipinski definition) is 0. The summed E-state index contributed by atoms with van der Waals surface area (Å²) in [6.07, 6.45) is 16.4. The molecule has 1 heterocycles. The van der Waals surface area contributed by atoms with E-state index in [0.717, 1.165) is 84.7 Å². The number of benzene rings is 1. The third-order valence-electron chi connectivity index (χ3n) is 8.22. The molecule has 0 radical (unpaired) electrons. The second kappa shape index (κ2) is 15.2. The molecule has 0 aromatic heterocycles. The zero-order valence-electron chi connectivity index (χ0n) is 25.6. The van der Waals surface area contributed by atoms with Crippen LogP contribution in [-0.2, 0) is 9.68 Å². The first kappa shape index (κ1) is 31.6. The Morgan fingerprint density at radius 1 is 1.14 bits per heavy atom. The standard InChI is InChI=1S/C36H45F2NO3/c1-6-29(41-31-17-20-39(24-31)19-10-18-37)16-15-25(3)36-32-13-9-12-30(42-38)23-28(32)11-8-14-33(36)34-21-27(5)35(40-7-2)22-26(34)4/h6,12-13,15-16,21-23,31H,1,7-11,14,17-20,24H2,2-5H3/b25-15+,29-16+/t31-/m0/s1. The molecular formula is C36H45F2NO3. The Morgan fingerprint density at radius 3 is 2.71 bits per heavy atom. The molecule has 0 bridgehead atoms. The minimum atomic E-state index is -0.289. The van der Waals surface area contributed by atoms with Crippen LogP contribution in [0.15, 0.2) is 89.0 Å². The highest BCUT2D eigenvalue weighted by molar-refractivity contribution is 5.82. The van der Waals surface area contributed by atoms with Gasteiger partial charge in [-0.15, -0.1) is 0 Å². The maximum atomic E-state index is 13.3. The van der Waals surface area contributed by atoms with E-state index in [9.17, 15) is 8.92 Å². The van der Waals surface area contributed by atoms with Crippen molar-refractivity contribution in [2.45, 2.75) is 72.3 Å². The fourth-order valence-corrected chi connectivity index (χ4v) is 6.16. The van der Waals surface area contributed by atoms with Crippen LogP contribution < -0.4 is 4.74 Å². The molecule has 0 amide bonds. The number of nitrogens with zero attached hydrogens (tertiary/aromatic N) is 1. The Bertz CT molecular complexity index is 1330. The summed E-state index contributed by atoms with van der Waals surface area (Å²) in [5.74, 6) is 1.89. The van der Waals surface area contributed by atoms with Crippen molar-refractivity contribution in [3.05, 3.63) is 106 Å². The van der Waals surface area contributed by atoms with Crippen LogP contribution in [0, 0.1) is 13.8 Å². The number of fused-ring (bicyclic) bond motifs is 1. The van der Waals surface area contributed by atoms with E-state index in [0.29, 0.717) is 19.4 Å². The van der Waals surface area contributed by atoms with Gasteiger partial charge in [-0.2, -0.15) is 0 Å². The van der Waals surface area contributed by atoms with Crippen molar-refractivity contribution < 1.29 is 23.3 Å². The van der Waals surface area contributed by atoms with E-state index in [1.165, 1.54) is 16.7 Å². The summed E-state index contributed by atoms with van der Waals surface area (Å²) in [4.78, 5) is 6.43. The van der Waals surface area contributed by atoms with E-state index < -0.39 is 0 Å². The monoisotopic (exact) mass is 577 g/mol. The van der Waals surface area contributed by atoms with Gasteiger partial charge in [0.15, 0.2) is 5.76 Å². The summed E-state index contributed by atoms with van der Waals surface area (Å²) in [6, 6.07) is 4.38. The van der Waals surface area contributed by atoms with E-state index in [-0.39, 0.29) is 18.5 Å². The molecule has 0 saturated carbocycles. The summed E-state index contributed by atoms with van der Waals surface area (Å²) in [5, 5.41) is 0. The number of ether oxygens (including phenoxy) is 2. The molecular weight excluding hydrogens is 532 g/mol. The number of likely N-dealkylation sites (tertiary alicyclic amines) is 1. The van der Waals surface area contributed by atoms with Crippen molar-refractivity contribution >= 4 is 5.57 Å². The third kappa shape index (κ3) is 7.71. The Kier molecular flexibility index (Phi) is 11.4. The van der Waals surface area contributed by atoms with Gasteiger partial charge >= 0.3 is 0 Å². The quantitative estimate of drug-likeness (QED) is 0.183. The SMILES string of the molecule is C=C/C(=C\C=C(/C)C1=C(c2cc(C)c(OCC)cc2C)CCCC2=CC(OF)=CCC=C21)O[C@H]1CCN(CCCF)C1. The average molecular weight is 578 g/mol. The average Bonchev–Trinajstić information content (AvgIpc) is 3.23. The summed E-state index contributed by atoms with van der Waals surface area (Å²) >= 11 is 0. The van der Waals surface area contributed by atoms with Crippen LogP contribution in [0.3, 0.4) is 0 Å². The number of alkyl halides is 1. The van der Waals surface area contributed by atoms with Crippen molar-refractivity contribution in [1.29, 1.82) is 0 Å². The minimum absolute atomic E-state index is 0.0639. The molecule has 4 nitrogen and oxygen atoms in total. The third-order valence-corrected chi connectivity index (χ3v) is 8.22. The number of hydrogen-bond acceptors (Lipinski definition) is 4. The van der Waals surface area contributed by atoms with Crippen LogP contribution in [0.5, 0.6) is 5.75 Å². The minimum Gasteiger partial charge on any atom is -0.494 e. The fraction of sp³-hybridized carbons (Fsp3) is 0.444. The van der Waals surface area contributed by atoms with E-state index in [4.69, 9.17) is 9.47 Å². The van der Waals surface area contributed by atoms with Crippen LogP contribution in [0.2, 0.25) is 0 Å². The van der Waals surface area contributed by atoms with E-state index in [2.05, 4.69) is 61.5 Å². The number of halogens is 2. The van der Waals surface area contributed by atoms with Gasteiger partial charge in [-0.3, -0.25) is 14.2 Å². The summed E-state index contributed by atoms with van der Waals surface area (Å²) in [7, 11) is 0. The summed E-state index contributed by atoms with van der Waals surface area (Å²) in [5.41, 5.74) is 9.23. The lowest BCUT2D eigenvalue weighted by atomic mass is 9.85. The smallest absolute Gasteiger partial charge is 0.168 e. The van der Waals surface area contributed by atoms with Crippen molar-refractivity contribution in [3.63, 3.8) is 0 Å². The molecule has 1 atom stereocenters. The molecule has 1 aromatic rings. The Hall–Kier alpha value is -3.38. The second-order valence-electron chi connectivity index (χ2n) is 11.3. The lowest BCUT2D eigenvalue weighted by molar-refractivity contribution is -0.0769. The maximum Gasteiger partial charge on any atom is 0.168 e. The molecule has 0 unspecified atom stereocenters. The second-order valence-corrected chi connectivity index (χ2v) is 11.3. The van der Waals surface area contributed by atoms with Crippen molar-refractivity contribution in [2.75, 3.05) is 32.9 Å². The molecule has 6 heteroatoms. The van der Waals surface area contributed by atoms with E-state index in [1.54, 1.807) is 12.2 Å². The maximum absolute atomic E-state index is 13.3. The molecule has 1 aliphatic heterocycles. The van der Waals surface area contributed by atoms with Gasteiger partial charge in [0.2, 0.25) is 0 Å². The number of rotatable bonds is 12. The molecule has 4 rings (SSSR count). The lowest BCUT2D eigenvalue weighted by Crippen LogP contribution is -2.24. The Labute approximate surface area is 250 Å². The van der Waals surface area contributed by atoms with Gasteiger partial charge in [-0.1, -0.05) is 18.7 Å². The largest absolute Gasteiger partial charge is 0.494 e. The molecule has 1 saturated heterocycles. The highest BCUT2D eigenvalue weighted by Crippen LogP contribution is 2.43. The molecule has 0 spiro atoms. The Balaban J connectivity index is 1.75. The highest BCUT2D eigenvalue weighted by atomic mass is 19.3. The van der Waals surface area contributed by atoms with Crippen LogP contribution in [0.4, 0.5) is 8.92 Å². The predicted octanol–water partition coefficient (Wildman–Crippen LogP) is 9.15. The van der Waals surface area contributed by atoms with Crippen molar-refractivity contribution in [2.24, 2.45) is 0 Å². The first-order chi connectivity index (χ1) is 20.4. The molecule has 42 heavy (non-hydrogen) atoms. The fourth-order valence-electron chi connectivity index (χ4n) is 6.16. The zero-order valence-corrected chi connectivity index (χ0v) is 25.6. The molecule has 226 valence electrons. The van der Waals surface area contributed by atoms with Crippen LogP contribution in [-0.4, -0.2) is 43.9 Å². The van der Waals surface area contributed by atoms with Crippen molar-refractivity contribution in [3.8, 4) is 5.75 Å². The predicted molar refractivity (Wildman–Crippen MR) is 167 cm³/mol. The zero-order chi connectivity index (χ0) is 30.1. The van der Waals surface area contributed by atoms with Gasteiger partial charge in [0.25, 0.3) is 0 Å². The summed E-state index contributed by atoms with van der Waals surface area (Å²) < 4.78 is 38.1. The van der Waals surface area contributed by atoms with Crippen LogP contribution >= 0.6 is 0 Å². The lowest BCUT2D eigenvalue weighted by Gasteiger charge is -2.21. The summed E-state index contributed by atoms with van der Waals surface area (Å²) in [6.45, 7) is 15.2. The van der Waals surface area contributed by atoms with Crippen LogP contribution in [0.25, 0.3) is 5.57 Å². The van der Waals surface area contributed by atoms with E-state index >= 15 is 0 Å². The van der Waals surface area contributed by atoms with Gasteiger partial charge < -0.3 is 9.47 Å². The van der Waals surface area contributed by atoms with Gasteiger partial charge in [-0.25, -0.2) is 0 Å².